The average molecular weight is 369 g/mol. The van der Waals surface area contributed by atoms with Gasteiger partial charge >= 0.3 is 0 Å². The molecule has 2 rings (SSSR count). The van der Waals surface area contributed by atoms with Crippen molar-refractivity contribution in [1.29, 1.82) is 0 Å². The second-order valence-electron chi connectivity index (χ2n) is 7.60. The number of rotatable bonds is 10. The van der Waals surface area contributed by atoms with Crippen LogP contribution in [0.2, 0.25) is 0 Å². The molecule has 0 radical (unpaired) electrons. The van der Waals surface area contributed by atoms with E-state index < -0.39 is 0 Å². The average Bonchev–Trinajstić information content (AvgIpc) is 2.67. The van der Waals surface area contributed by atoms with Crippen LogP contribution in [0, 0.1) is 0 Å². The molecule has 1 saturated heterocycles. The molecule has 2 aliphatic rings. The molecule has 6 nitrogen and oxygen atoms in total. The number of aliphatic hydroxyl groups is 1. The summed E-state index contributed by atoms with van der Waals surface area (Å²) in [5.74, 6) is 0.916. The summed E-state index contributed by atoms with van der Waals surface area (Å²) in [6, 6.07) is 0. The highest BCUT2D eigenvalue weighted by molar-refractivity contribution is 5.79. The standard InChI is InChI=1S/C20H40N4O2/c1-2-21-20(22-12-6-14-24-15-10-18(25)11-16-24)23-13-7-17-26-19-8-4-3-5-9-19/h18-19,25H,2-17H2,1H3,(H2,21,22,23). The molecule has 0 aromatic heterocycles. The summed E-state index contributed by atoms with van der Waals surface area (Å²) in [6.07, 6.45) is 10.9. The maximum Gasteiger partial charge on any atom is 0.191 e. The molecule has 1 aliphatic carbocycles. The van der Waals surface area contributed by atoms with E-state index in [9.17, 15) is 5.11 Å². The van der Waals surface area contributed by atoms with Crippen LogP contribution in [0.15, 0.2) is 4.99 Å². The Morgan fingerprint density at radius 3 is 2.58 bits per heavy atom. The Bertz CT molecular complexity index is 378. The lowest BCUT2D eigenvalue weighted by molar-refractivity contribution is 0.0281. The molecule has 3 N–H and O–H groups in total. The molecule has 0 spiro atoms. The van der Waals surface area contributed by atoms with E-state index in [2.05, 4.69) is 27.4 Å². The van der Waals surface area contributed by atoms with Gasteiger partial charge in [-0.3, -0.25) is 4.99 Å². The Labute approximate surface area is 159 Å². The van der Waals surface area contributed by atoms with Crippen LogP contribution >= 0.6 is 0 Å². The van der Waals surface area contributed by atoms with E-state index in [1.807, 2.05) is 0 Å². The number of nitrogens with zero attached hydrogens (tertiary/aromatic N) is 2. The van der Waals surface area contributed by atoms with Crippen molar-refractivity contribution in [3.8, 4) is 0 Å². The molecule has 0 amide bonds. The summed E-state index contributed by atoms with van der Waals surface area (Å²) in [5.41, 5.74) is 0. The van der Waals surface area contributed by atoms with Gasteiger partial charge in [-0.1, -0.05) is 19.3 Å². The van der Waals surface area contributed by atoms with E-state index in [0.29, 0.717) is 6.10 Å². The first-order valence-electron chi connectivity index (χ1n) is 10.8. The molecule has 0 atom stereocenters. The van der Waals surface area contributed by atoms with Crippen LogP contribution in [0.25, 0.3) is 0 Å². The maximum absolute atomic E-state index is 9.55. The van der Waals surface area contributed by atoms with Crippen LogP contribution in [0.3, 0.4) is 0 Å². The molecular weight excluding hydrogens is 328 g/mol. The first-order valence-corrected chi connectivity index (χ1v) is 10.8. The minimum Gasteiger partial charge on any atom is -0.393 e. The van der Waals surface area contributed by atoms with Gasteiger partial charge in [-0.15, -0.1) is 0 Å². The first-order chi connectivity index (χ1) is 12.8. The Balaban J connectivity index is 1.52. The molecule has 152 valence electrons. The number of hydrogen-bond donors (Lipinski definition) is 3. The Kier molecular flexibility index (Phi) is 11.0. The summed E-state index contributed by atoms with van der Waals surface area (Å²) in [4.78, 5) is 7.10. The van der Waals surface area contributed by atoms with Crippen molar-refractivity contribution in [2.75, 3.05) is 45.9 Å². The number of guanidine groups is 1. The van der Waals surface area contributed by atoms with Crippen LogP contribution in [-0.4, -0.2) is 74.0 Å². The largest absolute Gasteiger partial charge is 0.393 e. The van der Waals surface area contributed by atoms with E-state index in [4.69, 9.17) is 4.74 Å². The van der Waals surface area contributed by atoms with Crippen molar-refractivity contribution in [2.24, 2.45) is 4.99 Å². The van der Waals surface area contributed by atoms with Crippen LogP contribution in [0.1, 0.15) is 64.7 Å². The Hall–Kier alpha value is -0.850. The quantitative estimate of drug-likeness (QED) is 0.313. The number of aliphatic hydroxyl groups excluding tert-OH is 1. The number of piperidine rings is 1. The highest BCUT2D eigenvalue weighted by Gasteiger charge is 2.16. The van der Waals surface area contributed by atoms with Gasteiger partial charge < -0.3 is 25.4 Å². The topological polar surface area (TPSA) is 69.1 Å². The predicted octanol–water partition coefficient (Wildman–Crippen LogP) is 2.13. The van der Waals surface area contributed by atoms with Crippen molar-refractivity contribution in [3.05, 3.63) is 0 Å². The molecule has 2 fully saturated rings. The van der Waals surface area contributed by atoms with Gasteiger partial charge in [0.05, 0.1) is 12.2 Å². The van der Waals surface area contributed by atoms with E-state index in [1.54, 1.807) is 0 Å². The second-order valence-corrected chi connectivity index (χ2v) is 7.60. The van der Waals surface area contributed by atoms with Gasteiger partial charge in [0.15, 0.2) is 5.96 Å². The zero-order valence-corrected chi connectivity index (χ0v) is 16.7. The normalized spacial score (nSPS) is 21.1. The SMILES string of the molecule is CCNC(=NCCCOC1CCCCC1)NCCCN1CCC(O)CC1. The van der Waals surface area contributed by atoms with E-state index >= 15 is 0 Å². The summed E-state index contributed by atoms with van der Waals surface area (Å²) in [5, 5.41) is 16.3. The number of ether oxygens (including phenoxy) is 1. The van der Waals surface area contributed by atoms with Gasteiger partial charge in [-0.05, 0) is 52.0 Å². The van der Waals surface area contributed by atoms with Crippen LogP contribution < -0.4 is 10.6 Å². The fourth-order valence-corrected chi connectivity index (χ4v) is 3.73. The first kappa shape index (κ1) is 21.5. The minimum atomic E-state index is -0.0843. The summed E-state index contributed by atoms with van der Waals surface area (Å²) in [6.45, 7) is 8.70. The van der Waals surface area contributed by atoms with E-state index in [1.165, 1.54) is 32.1 Å². The molecule has 0 aromatic carbocycles. The zero-order valence-electron chi connectivity index (χ0n) is 16.7. The monoisotopic (exact) mass is 368 g/mol. The van der Waals surface area contributed by atoms with Crippen LogP contribution in [-0.2, 0) is 4.74 Å². The van der Waals surface area contributed by atoms with Gasteiger partial charge in [0.2, 0.25) is 0 Å². The molecule has 0 unspecified atom stereocenters. The summed E-state index contributed by atoms with van der Waals surface area (Å²) < 4.78 is 5.96. The van der Waals surface area contributed by atoms with Crippen molar-refractivity contribution in [2.45, 2.75) is 76.9 Å². The molecule has 1 aliphatic heterocycles. The lowest BCUT2D eigenvalue weighted by Crippen LogP contribution is -2.40. The lowest BCUT2D eigenvalue weighted by atomic mass is 9.98. The van der Waals surface area contributed by atoms with Crippen LogP contribution in [0.4, 0.5) is 0 Å². The van der Waals surface area contributed by atoms with Crippen molar-refractivity contribution >= 4 is 5.96 Å². The molecule has 26 heavy (non-hydrogen) atoms. The number of hydrogen-bond acceptors (Lipinski definition) is 4. The minimum absolute atomic E-state index is 0.0843. The summed E-state index contributed by atoms with van der Waals surface area (Å²) >= 11 is 0. The van der Waals surface area contributed by atoms with Crippen molar-refractivity contribution in [1.82, 2.24) is 15.5 Å². The number of aliphatic imine (C=N–C) groups is 1. The third kappa shape index (κ3) is 9.19. The van der Waals surface area contributed by atoms with Crippen molar-refractivity contribution in [3.63, 3.8) is 0 Å². The zero-order chi connectivity index (χ0) is 18.5. The molecule has 0 bridgehead atoms. The maximum atomic E-state index is 9.55. The molecule has 1 saturated carbocycles. The Morgan fingerprint density at radius 2 is 1.85 bits per heavy atom. The van der Waals surface area contributed by atoms with Gasteiger partial charge in [0.1, 0.15) is 0 Å². The van der Waals surface area contributed by atoms with Crippen molar-refractivity contribution < 1.29 is 9.84 Å². The van der Waals surface area contributed by atoms with E-state index in [-0.39, 0.29) is 6.10 Å². The smallest absolute Gasteiger partial charge is 0.191 e. The van der Waals surface area contributed by atoms with Gasteiger partial charge in [-0.25, -0.2) is 0 Å². The van der Waals surface area contributed by atoms with Gasteiger partial charge in [0, 0.05) is 39.3 Å². The Morgan fingerprint density at radius 1 is 1.08 bits per heavy atom. The predicted molar refractivity (Wildman–Crippen MR) is 108 cm³/mol. The second kappa shape index (κ2) is 13.3. The van der Waals surface area contributed by atoms with Crippen LogP contribution in [0.5, 0.6) is 0 Å². The third-order valence-electron chi connectivity index (χ3n) is 5.32. The highest BCUT2D eigenvalue weighted by atomic mass is 16.5. The van der Waals surface area contributed by atoms with Gasteiger partial charge in [-0.2, -0.15) is 0 Å². The molecule has 0 aromatic rings. The molecular formula is C20H40N4O2. The summed E-state index contributed by atoms with van der Waals surface area (Å²) in [7, 11) is 0. The fraction of sp³-hybridized carbons (Fsp3) is 0.950. The fourth-order valence-electron chi connectivity index (χ4n) is 3.73. The third-order valence-corrected chi connectivity index (χ3v) is 5.32. The number of nitrogens with one attached hydrogen (secondary N) is 2. The lowest BCUT2D eigenvalue weighted by Gasteiger charge is -2.29. The highest BCUT2D eigenvalue weighted by Crippen LogP contribution is 2.20. The van der Waals surface area contributed by atoms with E-state index in [0.717, 1.165) is 77.5 Å². The molecule has 1 heterocycles. The van der Waals surface area contributed by atoms with Gasteiger partial charge in [0.25, 0.3) is 0 Å². The number of likely N-dealkylation sites (tertiary alicyclic amines) is 1. The molecule has 6 heteroatoms.